The molecule has 6 heterocycles. The molecule has 2 aromatic carbocycles. The zero-order valence-electron chi connectivity index (χ0n) is 71.0. The molecule has 13 atom stereocenters. The van der Waals surface area contributed by atoms with Gasteiger partial charge in [0.15, 0.2) is 27.1 Å². The molecule has 3 saturated heterocycles. The number of ether oxygens (including phenoxy) is 4. The van der Waals surface area contributed by atoms with Crippen molar-refractivity contribution < 1.29 is 115 Å². The Morgan fingerprint density at radius 3 is 2.19 bits per heavy atom. The Kier molecular flexibility index (Phi) is 41.1. The number of allylic oxidation sites excluding steroid dienone is 3. The van der Waals surface area contributed by atoms with E-state index in [1.807, 2.05) is 42.6 Å². The standard InChI is InChI=1S/C83H113N14O24P3S2/c1-6-16-51-41-64-55(39-49(51)3)75(56-40-50(4)58(85-7-2)42-65(56)118-64)53-18-8-9-19-54(53)81(110)94(5)30-15-23-67(99)88-29-34-116-36-35-115-33-24-68(100)86-27-11-10-20-57(82(111)96-32-14-22-62(96)80(109)92-59(43-72(103)104)78(107)93-60(83(112)113)44-73(105)106)91-79(108)61-21-13-31-95(61)70(102)26-38-126-125-37-25-69(101)87-28-12-17-52-46-97(77-74(52)76(84)89-48-90-77)71-45-63(98)66(119-71)47-117-123-121-124-120-122-114/h8-9,18-19,39-42,46,48,56-57,59-63,66,71,75,98,114,122-124H,6-7,10-11,13-16,20-38,43-45,47H2,1-5H3,(H,86,100)(H,87,101)(H,88,99)(H,91,108)(H,92,109)(H,93,107)(H,103,104)(H,105,106)(H,112,113)(H2,84,89,90)/t56?,57?,59?,60?,61?,62?,63?,66-,71-,75?/m1/s1. The Hall–Kier alpha value is -9.32. The van der Waals surface area contributed by atoms with Crippen LogP contribution in [-0.2, 0) is 86.5 Å². The average molecular weight is 1850 g/mol. The predicted octanol–water partition coefficient (Wildman–Crippen LogP) is 5.41. The van der Waals surface area contributed by atoms with Crippen molar-refractivity contribution in [2.24, 2.45) is 10.9 Å². The van der Waals surface area contributed by atoms with Crippen LogP contribution in [0.5, 0.6) is 5.75 Å². The molecule has 0 saturated carbocycles. The number of carboxylic acids is 3. The highest BCUT2D eigenvalue weighted by Gasteiger charge is 2.44. The van der Waals surface area contributed by atoms with Gasteiger partial charge in [0.25, 0.3) is 5.91 Å². The molecule has 9 rings (SSSR count). The molecule has 0 radical (unpaired) electrons. The summed E-state index contributed by atoms with van der Waals surface area (Å²) in [4.78, 5) is 185. The maximum atomic E-state index is 14.7. The Morgan fingerprint density at radius 1 is 0.770 bits per heavy atom. The van der Waals surface area contributed by atoms with Crippen LogP contribution >= 0.6 is 48.7 Å². The maximum Gasteiger partial charge on any atom is 0.326 e. The number of benzene rings is 2. The zero-order valence-corrected chi connectivity index (χ0v) is 75.6. The van der Waals surface area contributed by atoms with E-state index in [0.29, 0.717) is 66.0 Å². The molecule has 3 fully saturated rings. The summed E-state index contributed by atoms with van der Waals surface area (Å²) in [5.41, 5.74) is 14.0. The van der Waals surface area contributed by atoms with Gasteiger partial charge in [-0.05, 0) is 113 Å². The van der Waals surface area contributed by atoms with E-state index in [-0.39, 0.29) is 177 Å². The molecule has 2 aromatic heterocycles. The van der Waals surface area contributed by atoms with Gasteiger partial charge in [-0.1, -0.05) is 77.1 Å². The number of unbranched alkanes of at least 4 members (excludes halogenated alkanes) is 1. The SMILES string of the molecule is CCCc1cc2c(cc1C)C(c1ccccc1C(=O)N(C)CCCC(=O)NCCOCCOCCC(=O)NCCCCC(NC(=O)C1CCCN1C(=O)CCSSCCC(=O)NCC#Cc1cn([C@H]3CC(O)[C@@H](COPOPOPO)O3)c3ncnc(N)c13)C(=O)N1CCCC1C(=O)NC(CC(=O)O)C(=O)NC(CC(=O)O)C(=O)O)C1C=C(C)C(=NCC)C=C1O2. The smallest absolute Gasteiger partial charge is 0.326 e. The van der Waals surface area contributed by atoms with Crippen molar-refractivity contribution in [2.75, 3.05) is 103 Å². The van der Waals surface area contributed by atoms with Crippen molar-refractivity contribution in [3.8, 4) is 17.6 Å². The van der Waals surface area contributed by atoms with E-state index >= 15 is 0 Å². The highest BCUT2D eigenvalue weighted by molar-refractivity contribution is 8.76. The number of amides is 9. The lowest BCUT2D eigenvalue weighted by atomic mass is 9.72. The summed E-state index contributed by atoms with van der Waals surface area (Å²) in [5, 5.41) is 55.2. The van der Waals surface area contributed by atoms with Crippen molar-refractivity contribution >= 4 is 142 Å². The molecule has 0 bridgehead atoms. The molecule has 9 amide bonds. The van der Waals surface area contributed by atoms with Crippen molar-refractivity contribution in [3.63, 3.8) is 0 Å². The second-order valence-corrected chi connectivity index (χ2v) is 35.6. The monoisotopic (exact) mass is 1850 g/mol. The molecule has 4 aliphatic heterocycles. The first-order chi connectivity index (χ1) is 60.7. The summed E-state index contributed by atoms with van der Waals surface area (Å²) >= 11 is 0. The van der Waals surface area contributed by atoms with E-state index in [9.17, 15) is 78.0 Å². The summed E-state index contributed by atoms with van der Waals surface area (Å²) in [5.74, 6) is -1.74. The van der Waals surface area contributed by atoms with Crippen LogP contribution in [0.2, 0.25) is 0 Å². The Morgan fingerprint density at radius 2 is 1.46 bits per heavy atom. The van der Waals surface area contributed by atoms with Crippen LogP contribution in [0, 0.1) is 24.7 Å². The predicted molar refractivity (Wildman–Crippen MR) is 473 cm³/mol. The number of anilines is 1. The molecule has 126 heavy (non-hydrogen) atoms. The molecular weight excluding hydrogens is 1730 g/mol. The summed E-state index contributed by atoms with van der Waals surface area (Å²) in [6.07, 6.45) is 7.37. The van der Waals surface area contributed by atoms with Gasteiger partial charge >= 0.3 is 17.9 Å². The Labute approximate surface area is 743 Å². The number of aliphatic hydroxyl groups is 1. The molecule has 13 N–H and O–H groups in total. The molecule has 1 aliphatic carbocycles. The summed E-state index contributed by atoms with van der Waals surface area (Å²) in [6, 6.07) is 4.63. The molecule has 11 unspecified atom stereocenters. The quantitative estimate of drug-likeness (QED) is 0.0114. The number of aliphatic carboxylic acids is 3. The van der Waals surface area contributed by atoms with Crippen molar-refractivity contribution in [1.29, 1.82) is 0 Å². The first-order valence-electron chi connectivity index (χ1n) is 41.9. The highest BCUT2D eigenvalue weighted by atomic mass is 33.1. The summed E-state index contributed by atoms with van der Waals surface area (Å²) in [7, 11) is 2.98. The van der Waals surface area contributed by atoms with Crippen LogP contribution in [-0.4, -0.2) is 271 Å². The van der Waals surface area contributed by atoms with Crippen LogP contribution in [0.3, 0.4) is 0 Å². The van der Waals surface area contributed by atoms with Crippen LogP contribution < -0.4 is 42.4 Å². The second-order valence-electron chi connectivity index (χ2n) is 30.5. The lowest BCUT2D eigenvalue weighted by molar-refractivity contribution is -0.148. The Bertz CT molecular complexity index is 4670. The van der Waals surface area contributed by atoms with Crippen LogP contribution in [0.1, 0.15) is 174 Å². The number of aryl methyl sites for hydroxylation is 2. The van der Waals surface area contributed by atoms with Gasteiger partial charge in [-0.25, -0.2) is 14.8 Å². The lowest BCUT2D eigenvalue weighted by Gasteiger charge is -2.38. The van der Waals surface area contributed by atoms with Gasteiger partial charge in [0, 0.05) is 125 Å². The minimum Gasteiger partial charge on any atom is -0.481 e. The van der Waals surface area contributed by atoms with E-state index in [1.54, 1.807) is 22.7 Å². The van der Waals surface area contributed by atoms with Gasteiger partial charge in [0.2, 0.25) is 47.3 Å². The van der Waals surface area contributed by atoms with Gasteiger partial charge in [0.1, 0.15) is 71.8 Å². The fourth-order valence-electron chi connectivity index (χ4n) is 15.4. The van der Waals surface area contributed by atoms with Gasteiger partial charge in [-0.2, -0.15) is 0 Å². The minimum absolute atomic E-state index is 0.000858. The van der Waals surface area contributed by atoms with E-state index in [0.717, 1.165) is 46.8 Å². The second kappa shape index (κ2) is 51.6. The van der Waals surface area contributed by atoms with E-state index in [2.05, 4.69) is 87.4 Å². The number of aromatic nitrogens is 3. The number of nitrogen functional groups attached to an aromatic ring is 1. The topological polar surface area (TPSA) is 522 Å². The molecule has 5 aliphatic rings. The van der Waals surface area contributed by atoms with Crippen LogP contribution in [0.4, 0.5) is 5.82 Å². The largest absolute Gasteiger partial charge is 0.481 e. The normalized spacial score (nSPS) is 19.5. The molecule has 0 spiro atoms. The van der Waals surface area contributed by atoms with Crippen LogP contribution in [0.15, 0.2) is 77.4 Å². The number of carbonyl (C=O) groups excluding carboxylic acids is 9. The maximum absolute atomic E-state index is 14.7. The number of aliphatic hydroxyl groups excluding tert-OH is 1. The zero-order chi connectivity index (χ0) is 90.8. The van der Waals surface area contributed by atoms with Crippen LogP contribution in [0.25, 0.3) is 11.0 Å². The van der Waals surface area contributed by atoms with E-state index in [4.69, 9.17) is 47.7 Å². The molecule has 43 heteroatoms. The van der Waals surface area contributed by atoms with E-state index in [1.165, 1.54) is 48.8 Å². The van der Waals surface area contributed by atoms with Gasteiger partial charge < -0.3 is 106 Å². The molecule has 38 nitrogen and oxygen atoms in total. The number of nitrogens with one attached hydrogen (secondary N) is 6. The van der Waals surface area contributed by atoms with Crippen molar-refractivity contribution in [2.45, 2.75) is 191 Å². The highest BCUT2D eigenvalue weighted by Crippen LogP contribution is 2.50. The summed E-state index contributed by atoms with van der Waals surface area (Å²) in [6.45, 7) is 10.6. The van der Waals surface area contributed by atoms with Crippen molar-refractivity contribution in [3.05, 3.63) is 106 Å². The lowest BCUT2D eigenvalue weighted by Crippen LogP contribution is -2.58. The number of rotatable bonds is 51. The molecule has 686 valence electrons. The number of fused-ring (bicyclic) bond motifs is 3. The number of likely N-dealkylation sites (tertiary alicyclic amines) is 2. The van der Waals surface area contributed by atoms with Gasteiger partial charge in [-0.15, -0.1) is 0 Å². The number of hydrogen-bond donors (Lipinski definition) is 12. The van der Waals surface area contributed by atoms with Gasteiger partial charge in [-0.3, -0.25) is 66.4 Å². The first kappa shape index (κ1) is 100. The average Bonchev–Trinajstić information content (AvgIpc) is 0.971. The Balaban J connectivity index is 0.690. The molecular formula is C83H113N14O24P3S2. The third-order valence-corrected chi connectivity index (χ3v) is 25.6. The number of hydrogen-bond acceptors (Lipinski definition) is 27. The molecule has 4 aromatic rings. The van der Waals surface area contributed by atoms with E-state index < -0.39 is 130 Å². The fourth-order valence-corrected chi connectivity index (χ4v) is 18.6. The van der Waals surface area contributed by atoms with Crippen molar-refractivity contribution in [1.82, 2.24) is 61.1 Å². The third-order valence-electron chi connectivity index (χ3n) is 21.6. The number of nitrogens with two attached hydrogens (primary N) is 1. The third kappa shape index (κ3) is 29.6. The van der Waals surface area contributed by atoms with Gasteiger partial charge in [0.05, 0.1) is 75.2 Å². The number of aliphatic imine (C=N–C) groups is 1. The first-order valence-corrected chi connectivity index (χ1v) is 46.9. The number of carbonyl (C=O) groups is 12. The minimum atomic E-state index is -1.98. The number of carboxylic acid groups (broad SMARTS) is 3. The number of nitrogens with zero attached hydrogens (tertiary/aromatic N) is 7. The fraction of sp³-hybridized carbons (Fsp3) is 0.554. The summed E-state index contributed by atoms with van der Waals surface area (Å²) < 4.78 is 41.2.